The van der Waals surface area contributed by atoms with Crippen molar-refractivity contribution < 1.29 is 23.6 Å². The quantitative estimate of drug-likeness (QED) is 0.293. The fourth-order valence-electron chi connectivity index (χ4n) is 3.36. The molecule has 3 rings (SSSR count). The minimum atomic E-state index is -3.63. The third-order valence-corrected chi connectivity index (χ3v) is 7.41. The number of carbonyl (C=O) groups is 1. The maximum atomic E-state index is 13.8. The molecular weight excluding hydrogens is 464 g/mol. The number of rotatable bonds is 11. The van der Waals surface area contributed by atoms with E-state index in [0.29, 0.717) is 23.3 Å². The molecule has 0 bridgehead atoms. The number of nitrogens with two attached hydrogens (primary N) is 1. The number of benzene rings is 1. The fourth-order valence-corrected chi connectivity index (χ4v) is 5.80. The van der Waals surface area contributed by atoms with Gasteiger partial charge in [-0.15, -0.1) is 0 Å². The van der Waals surface area contributed by atoms with Gasteiger partial charge in [-0.05, 0) is 45.4 Å². The SMILES string of the molecule is CC(Cn1cnc2c(N)ncnc21)OCP(=O)(NC(C)c1cccc(F)c1)NC(C)(C)C(=O)O. The van der Waals surface area contributed by atoms with Gasteiger partial charge in [0.15, 0.2) is 11.5 Å². The average Bonchev–Trinajstić information content (AvgIpc) is 3.16. The average molecular weight is 493 g/mol. The highest BCUT2D eigenvalue weighted by molar-refractivity contribution is 7.59. The van der Waals surface area contributed by atoms with Crippen molar-refractivity contribution in [2.24, 2.45) is 0 Å². The molecule has 0 spiro atoms. The summed E-state index contributed by atoms with van der Waals surface area (Å²) in [6.45, 7) is 6.62. The molecule has 2 aromatic heterocycles. The van der Waals surface area contributed by atoms with E-state index in [9.17, 15) is 18.9 Å². The molecule has 0 saturated heterocycles. The van der Waals surface area contributed by atoms with Crippen LogP contribution >= 0.6 is 7.44 Å². The van der Waals surface area contributed by atoms with Crippen LogP contribution in [0.4, 0.5) is 10.2 Å². The molecule has 2 heterocycles. The van der Waals surface area contributed by atoms with Crippen LogP contribution in [0.5, 0.6) is 0 Å². The van der Waals surface area contributed by atoms with E-state index in [4.69, 9.17) is 10.5 Å². The molecule has 0 saturated carbocycles. The minimum Gasteiger partial charge on any atom is -0.480 e. The van der Waals surface area contributed by atoms with Gasteiger partial charge >= 0.3 is 5.97 Å². The second-order valence-corrected chi connectivity index (χ2v) is 10.8. The van der Waals surface area contributed by atoms with Crippen LogP contribution in [0, 0.1) is 5.82 Å². The van der Waals surface area contributed by atoms with Crippen molar-refractivity contribution in [2.75, 3.05) is 12.1 Å². The Morgan fingerprint density at radius 2 is 2.06 bits per heavy atom. The highest BCUT2D eigenvalue weighted by Crippen LogP contribution is 2.42. The maximum absolute atomic E-state index is 13.8. The van der Waals surface area contributed by atoms with Gasteiger partial charge in [-0.3, -0.25) is 9.36 Å². The first kappa shape index (κ1) is 25.7. The number of nitrogens with one attached hydrogen (secondary N) is 2. The molecule has 1 aromatic carbocycles. The highest BCUT2D eigenvalue weighted by Gasteiger charge is 2.37. The molecule has 3 atom stereocenters. The van der Waals surface area contributed by atoms with Crippen molar-refractivity contribution in [2.45, 2.75) is 51.9 Å². The molecule has 3 unspecified atom stereocenters. The van der Waals surface area contributed by atoms with Crippen LogP contribution < -0.4 is 15.9 Å². The molecular formula is C21H29FN7O4P. The molecule has 0 aliphatic rings. The van der Waals surface area contributed by atoms with Crippen molar-refractivity contribution in [3.8, 4) is 0 Å². The predicted molar refractivity (Wildman–Crippen MR) is 126 cm³/mol. The van der Waals surface area contributed by atoms with Gasteiger partial charge in [0, 0.05) is 6.04 Å². The normalized spacial score (nSPS) is 15.7. The number of aromatic nitrogens is 4. The molecule has 13 heteroatoms. The van der Waals surface area contributed by atoms with Crippen molar-refractivity contribution in [3.63, 3.8) is 0 Å². The number of carboxylic acids is 1. The molecule has 0 fully saturated rings. The lowest BCUT2D eigenvalue weighted by molar-refractivity contribution is -0.142. The Kier molecular flexibility index (Phi) is 7.67. The summed E-state index contributed by atoms with van der Waals surface area (Å²) in [4.78, 5) is 24.0. The summed E-state index contributed by atoms with van der Waals surface area (Å²) in [6, 6.07) is 5.33. The van der Waals surface area contributed by atoms with Gasteiger partial charge in [-0.2, -0.15) is 0 Å². The Bertz CT molecular complexity index is 1220. The molecule has 0 aliphatic carbocycles. The van der Waals surface area contributed by atoms with Crippen LogP contribution in [0.3, 0.4) is 0 Å². The molecule has 3 aromatic rings. The van der Waals surface area contributed by atoms with Gasteiger partial charge in [-0.25, -0.2) is 29.5 Å². The van der Waals surface area contributed by atoms with Crippen LogP contribution in [0.1, 0.15) is 39.3 Å². The van der Waals surface area contributed by atoms with Gasteiger partial charge in [-0.1, -0.05) is 12.1 Å². The van der Waals surface area contributed by atoms with Crippen LogP contribution in [0.25, 0.3) is 11.2 Å². The smallest absolute Gasteiger partial charge is 0.323 e. The summed E-state index contributed by atoms with van der Waals surface area (Å²) < 4.78 is 35.1. The lowest BCUT2D eigenvalue weighted by atomic mass is 10.1. The van der Waals surface area contributed by atoms with E-state index < -0.39 is 36.9 Å². The Morgan fingerprint density at radius 3 is 2.74 bits per heavy atom. The Labute approximate surface area is 196 Å². The van der Waals surface area contributed by atoms with Crippen molar-refractivity contribution in [1.82, 2.24) is 29.7 Å². The third-order valence-electron chi connectivity index (χ3n) is 5.17. The summed E-state index contributed by atoms with van der Waals surface area (Å²) in [7, 11) is -3.63. The third kappa shape index (κ3) is 6.15. The van der Waals surface area contributed by atoms with Gasteiger partial charge in [0.05, 0.1) is 19.0 Å². The molecule has 0 amide bonds. The van der Waals surface area contributed by atoms with Gasteiger partial charge < -0.3 is 20.1 Å². The second kappa shape index (κ2) is 10.1. The molecule has 0 aliphatic heterocycles. The Hall–Kier alpha value is -2.92. The first-order valence-corrected chi connectivity index (χ1v) is 12.5. The predicted octanol–water partition coefficient (Wildman–Crippen LogP) is 2.91. The van der Waals surface area contributed by atoms with E-state index in [1.54, 1.807) is 36.9 Å². The first-order chi connectivity index (χ1) is 15.9. The zero-order chi connectivity index (χ0) is 25.1. The van der Waals surface area contributed by atoms with Crippen molar-refractivity contribution in [1.29, 1.82) is 0 Å². The van der Waals surface area contributed by atoms with Gasteiger partial charge in [0.2, 0.25) is 7.44 Å². The number of anilines is 1. The number of nitrogen functional groups attached to an aromatic ring is 1. The Balaban J connectivity index is 1.75. The monoisotopic (exact) mass is 493 g/mol. The first-order valence-electron chi connectivity index (χ1n) is 10.6. The number of aliphatic carboxylic acids is 1. The highest BCUT2D eigenvalue weighted by atomic mass is 31.2. The number of ether oxygens (including phenoxy) is 1. The number of fused-ring (bicyclic) bond motifs is 1. The number of hydrogen-bond donors (Lipinski definition) is 4. The molecule has 0 radical (unpaired) electrons. The van der Waals surface area contributed by atoms with E-state index in [1.165, 1.54) is 32.3 Å². The summed E-state index contributed by atoms with van der Waals surface area (Å²) in [6.07, 6.45) is 2.15. The van der Waals surface area contributed by atoms with Crippen LogP contribution in [-0.2, 0) is 20.6 Å². The number of carboxylic acid groups (broad SMARTS) is 1. The molecule has 34 heavy (non-hydrogen) atoms. The zero-order valence-corrected chi connectivity index (χ0v) is 20.3. The van der Waals surface area contributed by atoms with E-state index in [0.717, 1.165) is 0 Å². The van der Waals surface area contributed by atoms with E-state index in [2.05, 4.69) is 25.1 Å². The molecule has 11 nitrogen and oxygen atoms in total. The lowest BCUT2D eigenvalue weighted by Gasteiger charge is -2.32. The summed E-state index contributed by atoms with van der Waals surface area (Å²) >= 11 is 0. The van der Waals surface area contributed by atoms with E-state index >= 15 is 0 Å². The maximum Gasteiger partial charge on any atom is 0.323 e. The van der Waals surface area contributed by atoms with Crippen LogP contribution in [-0.4, -0.2) is 48.6 Å². The van der Waals surface area contributed by atoms with E-state index in [-0.39, 0.29) is 12.2 Å². The topological polar surface area (TPSA) is 157 Å². The number of imidazole rings is 1. The summed E-state index contributed by atoms with van der Waals surface area (Å²) in [5.41, 5.74) is 5.88. The van der Waals surface area contributed by atoms with Gasteiger partial charge in [0.25, 0.3) is 0 Å². The van der Waals surface area contributed by atoms with Crippen molar-refractivity contribution in [3.05, 3.63) is 48.3 Å². The summed E-state index contributed by atoms with van der Waals surface area (Å²) in [5, 5.41) is 15.2. The number of hydrogen-bond acceptors (Lipinski definition) is 7. The summed E-state index contributed by atoms with van der Waals surface area (Å²) in [5.74, 6) is -1.35. The van der Waals surface area contributed by atoms with Crippen LogP contribution in [0.2, 0.25) is 0 Å². The largest absolute Gasteiger partial charge is 0.480 e. The van der Waals surface area contributed by atoms with Gasteiger partial charge in [0.1, 0.15) is 29.5 Å². The number of nitrogens with zero attached hydrogens (tertiary/aromatic N) is 4. The minimum absolute atomic E-state index is 0.262. The second-order valence-electron chi connectivity index (χ2n) is 8.62. The van der Waals surface area contributed by atoms with E-state index in [1.807, 2.05) is 0 Å². The van der Waals surface area contributed by atoms with Crippen molar-refractivity contribution >= 4 is 30.4 Å². The lowest BCUT2D eigenvalue weighted by Crippen LogP contribution is -2.47. The van der Waals surface area contributed by atoms with Crippen LogP contribution in [0.15, 0.2) is 36.9 Å². The number of halogens is 1. The molecule has 184 valence electrons. The standard InChI is InChI=1S/C21H29FN7O4P/c1-13(9-29-11-26-17-18(23)24-10-25-19(17)29)33-12-34(32,28-21(3,4)20(30)31)27-14(2)15-6-5-7-16(22)8-15/h5-8,10-11,13-14H,9,12H2,1-4H3,(H,30,31)(H2,23,24,25)(H2,27,28,32). The fraction of sp³-hybridized carbons (Fsp3) is 0.429. The Morgan fingerprint density at radius 1 is 1.32 bits per heavy atom. The molecule has 5 N–H and O–H groups in total. The zero-order valence-electron chi connectivity index (χ0n) is 19.4.